The highest BCUT2D eigenvalue weighted by atomic mass is 35.5. The lowest BCUT2D eigenvalue weighted by Gasteiger charge is -2.36. The molecule has 3 rings (SSSR count). The predicted octanol–water partition coefficient (Wildman–Crippen LogP) is 4.16. The van der Waals surface area contributed by atoms with Crippen LogP contribution in [0.15, 0.2) is 30.3 Å². The van der Waals surface area contributed by atoms with Crippen molar-refractivity contribution in [3.63, 3.8) is 0 Å². The van der Waals surface area contributed by atoms with Crippen molar-refractivity contribution in [2.75, 3.05) is 44.2 Å². The van der Waals surface area contributed by atoms with Crippen LogP contribution in [0.2, 0.25) is 5.02 Å². The molecule has 2 aromatic rings. The number of nitrogens with one attached hydrogen (secondary N) is 1. The van der Waals surface area contributed by atoms with Crippen molar-refractivity contribution in [2.45, 2.75) is 52.6 Å². The third-order valence-corrected chi connectivity index (χ3v) is 5.67. The fourth-order valence-corrected chi connectivity index (χ4v) is 4.12. The Morgan fingerprint density at radius 3 is 2.52 bits per heavy atom. The van der Waals surface area contributed by atoms with E-state index in [-0.39, 0.29) is 5.54 Å². The number of aromatic nitrogens is 2. The first-order valence-electron chi connectivity index (χ1n) is 10.9. The van der Waals surface area contributed by atoms with Crippen LogP contribution in [0.3, 0.4) is 0 Å². The maximum atomic E-state index is 6.13. The number of anilines is 1. The van der Waals surface area contributed by atoms with E-state index in [9.17, 15) is 0 Å². The van der Waals surface area contributed by atoms with Gasteiger partial charge in [-0.05, 0) is 51.5 Å². The van der Waals surface area contributed by atoms with Gasteiger partial charge in [0.15, 0.2) is 0 Å². The first-order chi connectivity index (χ1) is 13.9. The van der Waals surface area contributed by atoms with Crippen molar-refractivity contribution in [1.29, 1.82) is 0 Å². The molecule has 0 bridgehead atoms. The molecule has 0 saturated carbocycles. The Morgan fingerprint density at radius 2 is 1.86 bits per heavy atom. The first kappa shape index (κ1) is 22.1. The molecule has 1 N–H and O–H groups in total. The van der Waals surface area contributed by atoms with Gasteiger partial charge in [0.25, 0.3) is 0 Å². The van der Waals surface area contributed by atoms with Crippen molar-refractivity contribution >= 4 is 17.3 Å². The molecule has 5 nitrogen and oxygen atoms in total. The molecule has 6 heteroatoms. The quantitative estimate of drug-likeness (QED) is 0.654. The Balaban J connectivity index is 1.41. The molecule has 1 saturated heterocycles. The van der Waals surface area contributed by atoms with Gasteiger partial charge in [0.1, 0.15) is 0 Å². The normalized spacial score (nSPS) is 15.8. The van der Waals surface area contributed by atoms with Crippen molar-refractivity contribution in [3.05, 3.63) is 46.7 Å². The molecule has 0 radical (unpaired) electrons. The fourth-order valence-electron chi connectivity index (χ4n) is 3.93. The summed E-state index contributed by atoms with van der Waals surface area (Å²) in [5.41, 5.74) is 3.75. The first-order valence-corrected chi connectivity index (χ1v) is 11.3. The topological polar surface area (TPSA) is 36.3 Å². The second-order valence-corrected chi connectivity index (χ2v) is 9.38. The summed E-state index contributed by atoms with van der Waals surface area (Å²) >= 11 is 6.13. The number of nitrogens with zero attached hydrogens (tertiary/aromatic N) is 4. The molecular weight excluding hydrogens is 382 g/mol. The van der Waals surface area contributed by atoms with Crippen LogP contribution in [-0.2, 0) is 18.5 Å². The van der Waals surface area contributed by atoms with E-state index in [1.165, 1.54) is 11.4 Å². The van der Waals surface area contributed by atoms with E-state index in [0.29, 0.717) is 0 Å². The molecule has 0 atom stereocenters. The number of hydrogen-bond donors (Lipinski definition) is 1. The molecule has 29 heavy (non-hydrogen) atoms. The van der Waals surface area contributed by atoms with Crippen LogP contribution < -0.4 is 10.2 Å². The zero-order chi connectivity index (χ0) is 20.9. The van der Waals surface area contributed by atoms with Crippen LogP contribution >= 0.6 is 11.6 Å². The minimum Gasteiger partial charge on any atom is -0.369 e. The Morgan fingerprint density at radius 1 is 1.10 bits per heavy atom. The van der Waals surface area contributed by atoms with E-state index in [0.717, 1.165) is 69.4 Å². The molecule has 1 aromatic carbocycles. The highest BCUT2D eigenvalue weighted by molar-refractivity contribution is 6.30. The van der Waals surface area contributed by atoms with E-state index in [4.69, 9.17) is 16.7 Å². The zero-order valence-electron chi connectivity index (χ0n) is 18.4. The SMILES string of the molecule is CCCc1cc(CNCCN2CCN(c3cccc(Cl)c3)CC2)nn1C(C)(C)C. The number of aryl methyl sites for hydroxylation is 1. The fraction of sp³-hybridized carbons (Fsp3) is 0.609. The van der Waals surface area contributed by atoms with E-state index in [2.05, 4.69) is 65.7 Å². The predicted molar refractivity (Wildman–Crippen MR) is 123 cm³/mol. The maximum absolute atomic E-state index is 6.13. The minimum atomic E-state index is 0.0331. The average Bonchev–Trinajstić information content (AvgIpc) is 3.09. The molecule has 1 aliphatic rings. The maximum Gasteiger partial charge on any atom is 0.0765 e. The van der Waals surface area contributed by atoms with Gasteiger partial charge in [-0.1, -0.05) is 31.0 Å². The molecule has 1 aromatic heterocycles. The van der Waals surface area contributed by atoms with E-state index < -0.39 is 0 Å². The van der Waals surface area contributed by atoms with E-state index in [1.807, 2.05) is 12.1 Å². The second kappa shape index (κ2) is 9.96. The highest BCUT2D eigenvalue weighted by Gasteiger charge is 2.19. The van der Waals surface area contributed by atoms with Crippen molar-refractivity contribution < 1.29 is 0 Å². The summed E-state index contributed by atoms with van der Waals surface area (Å²) in [7, 11) is 0. The van der Waals surface area contributed by atoms with E-state index in [1.54, 1.807) is 0 Å². The summed E-state index contributed by atoms with van der Waals surface area (Å²) < 4.78 is 2.20. The monoisotopic (exact) mass is 417 g/mol. The van der Waals surface area contributed by atoms with Crippen LogP contribution in [0.5, 0.6) is 0 Å². The summed E-state index contributed by atoms with van der Waals surface area (Å²) in [6, 6.07) is 10.4. The Kier molecular flexibility index (Phi) is 7.60. The standard InChI is InChI=1S/C23H36ClN5/c1-5-7-22-17-20(26-29(22)23(2,3)4)18-25-10-11-27-12-14-28(15-13-27)21-9-6-8-19(24)16-21/h6,8-9,16-17,25H,5,7,10-15,18H2,1-4H3. The summed E-state index contributed by atoms with van der Waals surface area (Å²) in [4.78, 5) is 4.95. The van der Waals surface area contributed by atoms with Gasteiger partial charge in [-0.2, -0.15) is 5.10 Å². The summed E-state index contributed by atoms with van der Waals surface area (Å²) in [6.45, 7) is 16.1. The Hall–Kier alpha value is -1.56. The smallest absolute Gasteiger partial charge is 0.0765 e. The van der Waals surface area contributed by atoms with Crippen LogP contribution in [0.4, 0.5) is 5.69 Å². The van der Waals surface area contributed by atoms with Crippen LogP contribution in [0, 0.1) is 0 Å². The number of halogens is 1. The van der Waals surface area contributed by atoms with Crippen LogP contribution in [0.25, 0.3) is 0 Å². The molecule has 0 spiro atoms. The minimum absolute atomic E-state index is 0.0331. The van der Waals surface area contributed by atoms with Gasteiger partial charge < -0.3 is 10.2 Å². The van der Waals surface area contributed by atoms with Crippen LogP contribution in [-0.4, -0.2) is 53.9 Å². The van der Waals surface area contributed by atoms with Crippen molar-refractivity contribution in [1.82, 2.24) is 20.0 Å². The summed E-state index contributed by atoms with van der Waals surface area (Å²) in [6.07, 6.45) is 2.23. The van der Waals surface area contributed by atoms with Gasteiger partial charge in [0.2, 0.25) is 0 Å². The zero-order valence-corrected chi connectivity index (χ0v) is 19.2. The highest BCUT2D eigenvalue weighted by Crippen LogP contribution is 2.21. The Bertz CT molecular complexity index is 772. The summed E-state index contributed by atoms with van der Waals surface area (Å²) in [5.74, 6) is 0. The molecule has 1 fully saturated rings. The number of rotatable bonds is 8. The molecule has 2 heterocycles. The lowest BCUT2D eigenvalue weighted by Crippen LogP contribution is -2.48. The van der Waals surface area contributed by atoms with Crippen LogP contribution in [0.1, 0.15) is 45.5 Å². The lowest BCUT2D eigenvalue weighted by molar-refractivity contribution is 0.257. The molecule has 0 unspecified atom stereocenters. The van der Waals surface area contributed by atoms with E-state index >= 15 is 0 Å². The third kappa shape index (κ3) is 6.21. The lowest BCUT2D eigenvalue weighted by atomic mass is 10.1. The number of hydrogen-bond acceptors (Lipinski definition) is 4. The van der Waals surface area contributed by atoms with Crippen molar-refractivity contribution in [2.24, 2.45) is 0 Å². The second-order valence-electron chi connectivity index (χ2n) is 8.94. The molecule has 160 valence electrons. The van der Waals surface area contributed by atoms with Crippen molar-refractivity contribution in [3.8, 4) is 0 Å². The van der Waals surface area contributed by atoms with Gasteiger partial charge in [-0.15, -0.1) is 0 Å². The van der Waals surface area contributed by atoms with Gasteiger partial charge in [0, 0.05) is 62.2 Å². The number of piperazine rings is 1. The largest absolute Gasteiger partial charge is 0.369 e. The number of benzene rings is 1. The van der Waals surface area contributed by atoms with Gasteiger partial charge >= 0.3 is 0 Å². The summed E-state index contributed by atoms with van der Waals surface area (Å²) in [5, 5.41) is 9.25. The van der Waals surface area contributed by atoms with Gasteiger partial charge in [0.05, 0.1) is 11.2 Å². The average molecular weight is 418 g/mol. The molecule has 1 aliphatic heterocycles. The molecular formula is C23H36ClN5. The molecule has 0 aliphatic carbocycles. The molecule has 0 amide bonds. The Labute approximate surface area is 181 Å². The third-order valence-electron chi connectivity index (χ3n) is 5.43. The van der Waals surface area contributed by atoms with Gasteiger partial charge in [-0.3, -0.25) is 9.58 Å². The van der Waals surface area contributed by atoms with Gasteiger partial charge in [-0.25, -0.2) is 0 Å².